The monoisotopic (exact) mass is 331 g/mol. The van der Waals surface area contributed by atoms with Crippen molar-refractivity contribution >= 4 is 11.6 Å². The van der Waals surface area contributed by atoms with Crippen molar-refractivity contribution in [1.29, 1.82) is 0 Å². The van der Waals surface area contributed by atoms with Gasteiger partial charge in [0.05, 0.1) is 19.3 Å². The minimum absolute atomic E-state index is 0.0102. The van der Waals surface area contributed by atoms with E-state index in [2.05, 4.69) is 28.1 Å². The average Bonchev–Trinajstić information content (AvgIpc) is 3.12. The standard InChI is InChI=1S/C19H29N3O2/c1-2-18(22-9-5-6-10-22)19(23)20-17-8-4-3-7-16(17)15-21-11-13-24-14-12-21/h3-4,7-8,18H,2,5-6,9-15H2,1H3,(H,20,23). The maximum atomic E-state index is 12.8. The van der Waals surface area contributed by atoms with Crippen LogP contribution in [0.5, 0.6) is 0 Å². The van der Waals surface area contributed by atoms with Gasteiger partial charge in [-0.2, -0.15) is 0 Å². The molecule has 2 saturated heterocycles. The molecule has 1 unspecified atom stereocenters. The fraction of sp³-hybridized carbons (Fsp3) is 0.632. The third kappa shape index (κ3) is 4.35. The molecule has 2 heterocycles. The molecule has 1 amide bonds. The number of benzene rings is 1. The van der Waals surface area contributed by atoms with Gasteiger partial charge in [-0.25, -0.2) is 0 Å². The van der Waals surface area contributed by atoms with E-state index < -0.39 is 0 Å². The molecule has 2 aliphatic heterocycles. The number of hydrogen-bond acceptors (Lipinski definition) is 4. The van der Waals surface area contributed by atoms with Crippen molar-refractivity contribution in [3.8, 4) is 0 Å². The molecule has 0 aliphatic carbocycles. The summed E-state index contributed by atoms with van der Waals surface area (Å²) in [6.07, 6.45) is 3.27. The van der Waals surface area contributed by atoms with Gasteiger partial charge in [0.15, 0.2) is 0 Å². The van der Waals surface area contributed by atoms with Crippen LogP contribution in [-0.2, 0) is 16.1 Å². The van der Waals surface area contributed by atoms with Gasteiger partial charge in [0.1, 0.15) is 0 Å². The Morgan fingerprint density at radius 1 is 1.17 bits per heavy atom. The zero-order valence-corrected chi connectivity index (χ0v) is 14.7. The minimum atomic E-state index is -0.0102. The summed E-state index contributed by atoms with van der Waals surface area (Å²) in [7, 11) is 0. The van der Waals surface area contributed by atoms with Crippen LogP contribution in [0.3, 0.4) is 0 Å². The molecule has 24 heavy (non-hydrogen) atoms. The van der Waals surface area contributed by atoms with Crippen LogP contribution < -0.4 is 5.32 Å². The Hall–Kier alpha value is -1.43. The third-order valence-corrected chi connectivity index (χ3v) is 5.04. The highest BCUT2D eigenvalue weighted by atomic mass is 16.5. The smallest absolute Gasteiger partial charge is 0.241 e. The Bertz CT molecular complexity index is 537. The van der Waals surface area contributed by atoms with Crippen LogP contribution in [-0.4, -0.2) is 61.1 Å². The Kier molecular flexibility index (Phi) is 6.24. The second-order valence-electron chi connectivity index (χ2n) is 6.70. The third-order valence-electron chi connectivity index (χ3n) is 5.04. The molecule has 1 N–H and O–H groups in total. The quantitative estimate of drug-likeness (QED) is 0.869. The lowest BCUT2D eigenvalue weighted by Crippen LogP contribution is -2.42. The first kappa shape index (κ1) is 17.4. The van der Waals surface area contributed by atoms with Crippen LogP contribution in [0.2, 0.25) is 0 Å². The van der Waals surface area contributed by atoms with Crippen LogP contribution in [0.4, 0.5) is 5.69 Å². The topological polar surface area (TPSA) is 44.8 Å². The zero-order chi connectivity index (χ0) is 16.8. The first-order chi connectivity index (χ1) is 11.8. The van der Waals surface area contributed by atoms with Gasteiger partial charge in [0.2, 0.25) is 5.91 Å². The fourth-order valence-corrected chi connectivity index (χ4v) is 3.66. The molecule has 2 aliphatic rings. The number of hydrogen-bond donors (Lipinski definition) is 1. The van der Waals surface area contributed by atoms with E-state index in [1.807, 2.05) is 18.2 Å². The summed E-state index contributed by atoms with van der Waals surface area (Å²) in [5, 5.41) is 3.19. The summed E-state index contributed by atoms with van der Waals surface area (Å²) in [4.78, 5) is 17.5. The highest BCUT2D eigenvalue weighted by molar-refractivity contribution is 5.95. The SMILES string of the molecule is CCC(C(=O)Nc1ccccc1CN1CCOCC1)N1CCCC1. The minimum Gasteiger partial charge on any atom is -0.379 e. The van der Waals surface area contributed by atoms with Crippen LogP contribution >= 0.6 is 0 Å². The number of rotatable bonds is 6. The molecule has 0 spiro atoms. The van der Waals surface area contributed by atoms with Gasteiger partial charge in [-0.3, -0.25) is 14.6 Å². The summed E-state index contributed by atoms with van der Waals surface area (Å²) in [6.45, 7) is 8.54. The largest absolute Gasteiger partial charge is 0.379 e. The average molecular weight is 331 g/mol. The molecule has 0 aromatic heterocycles. The summed E-state index contributed by atoms with van der Waals surface area (Å²) < 4.78 is 5.42. The lowest BCUT2D eigenvalue weighted by Gasteiger charge is -2.28. The maximum absolute atomic E-state index is 12.8. The normalized spacial score (nSPS) is 20.9. The van der Waals surface area contributed by atoms with E-state index in [1.165, 1.54) is 18.4 Å². The van der Waals surface area contributed by atoms with E-state index in [0.29, 0.717) is 0 Å². The van der Waals surface area contributed by atoms with Crippen molar-refractivity contribution in [2.24, 2.45) is 0 Å². The van der Waals surface area contributed by atoms with Crippen molar-refractivity contribution in [2.75, 3.05) is 44.7 Å². The van der Waals surface area contributed by atoms with Crippen LogP contribution in [0.15, 0.2) is 24.3 Å². The Labute approximate surface area is 145 Å². The van der Waals surface area contributed by atoms with Crippen molar-refractivity contribution in [1.82, 2.24) is 9.80 Å². The van der Waals surface area contributed by atoms with Gasteiger partial charge in [-0.15, -0.1) is 0 Å². The first-order valence-corrected chi connectivity index (χ1v) is 9.21. The second-order valence-corrected chi connectivity index (χ2v) is 6.70. The number of nitrogens with one attached hydrogen (secondary N) is 1. The molecule has 3 rings (SSSR count). The molecule has 1 atom stereocenters. The number of para-hydroxylation sites is 1. The van der Waals surface area contributed by atoms with Crippen LogP contribution in [0, 0.1) is 0 Å². The second kappa shape index (κ2) is 8.60. The van der Waals surface area contributed by atoms with E-state index in [9.17, 15) is 4.79 Å². The molecule has 1 aromatic carbocycles. The van der Waals surface area contributed by atoms with Gasteiger partial charge >= 0.3 is 0 Å². The number of carbonyl (C=O) groups is 1. The van der Waals surface area contributed by atoms with Crippen LogP contribution in [0.25, 0.3) is 0 Å². The van der Waals surface area contributed by atoms with Crippen molar-refractivity contribution in [2.45, 2.75) is 38.8 Å². The number of anilines is 1. The summed E-state index contributed by atoms with van der Waals surface area (Å²) >= 11 is 0. The van der Waals surface area contributed by atoms with E-state index >= 15 is 0 Å². The lowest BCUT2D eigenvalue weighted by molar-refractivity contribution is -0.121. The predicted octanol–water partition coefficient (Wildman–Crippen LogP) is 2.33. The van der Waals surface area contributed by atoms with Crippen LogP contribution in [0.1, 0.15) is 31.7 Å². The van der Waals surface area contributed by atoms with Crippen molar-refractivity contribution in [3.05, 3.63) is 29.8 Å². The summed E-state index contributed by atoms with van der Waals surface area (Å²) in [5.41, 5.74) is 2.13. The van der Waals surface area contributed by atoms with E-state index in [-0.39, 0.29) is 11.9 Å². The fourth-order valence-electron chi connectivity index (χ4n) is 3.66. The molecule has 0 saturated carbocycles. The lowest BCUT2D eigenvalue weighted by atomic mass is 10.1. The Morgan fingerprint density at radius 3 is 2.58 bits per heavy atom. The molecule has 5 nitrogen and oxygen atoms in total. The van der Waals surface area contributed by atoms with E-state index in [0.717, 1.165) is 58.0 Å². The van der Waals surface area contributed by atoms with Crippen molar-refractivity contribution in [3.63, 3.8) is 0 Å². The number of likely N-dealkylation sites (tertiary alicyclic amines) is 1. The van der Waals surface area contributed by atoms with E-state index in [4.69, 9.17) is 4.74 Å². The van der Waals surface area contributed by atoms with Gasteiger partial charge in [-0.05, 0) is 44.0 Å². The maximum Gasteiger partial charge on any atom is 0.241 e. The number of nitrogens with zero attached hydrogens (tertiary/aromatic N) is 2. The highest BCUT2D eigenvalue weighted by Gasteiger charge is 2.27. The van der Waals surface area contributed by atoms with Gasteiger partial charge in [-0.1, -0.05) is 25.1 Å². The molecule has 0 radical (unpaired) electrons. The number of ether oxygens (including phenoxy) is 1. The zero-order valence-electron chi connectivity index (χ0n) is 14.7. The number of carbonyl (C=O) groups excluding carboxylic acids is 1. The van der Waals surface area contributed by atoms with Gasteiger partial charge in [0.25, 0.3) is 0 Å². The number of morpholine rings is 1. The molecule has 132 valence electrons. The molecule has 1 aromatic rings. The molecule has 2 fully saturated rings. The van der Waals surface area contributed by atoms with E-state index in [1.54, 1.807) is 0 Å². The number of amides is 1. The molecule has 0 bridgehead atoms. The van der Waals surface area contributed by atoms with Gasteiger partial charge < -0.3 is 10.1 Å². The highest BCUT2D eigenvalue weighted by Crippen LogP contribution is 2.20. The first-order valence-electron chi connectivity index (χ1n) is 9.21. The summed E-state index contributed by atoms with van der Waals surface area (Å²) in [5.74, 6) is 0.133. The molecule has 5 heteroatoms. The summed E-state index contributed by atoms with van der Waals surface area (Å²) in [6, 6.07) is 8.16. The van der Waals surface area contributed by atoms with Crippen molar-refractivity contribution < 1.29 is 9.53 Å². The molecular formula is C19H29N3O2. The molecular weight excluding hydrogens is 302 g/mol. The Balaban J connectivity index is 1.66. The predicted molar refractivity (Wildman–Crippen MR) is 96.1 cm³/mol. The van der Waals surface area contributed by atoms with Gasteiger partial charge in [0, 0.05) is 25.3 Å². The Morgan fingerprint density at radius 2 is 1.88 bits per heavy atom.